The van der Waals surface area contributed by atoms with E-state index in [1.807, 2.05) is 0 Å². The van der Waals surface area contributed by atoms with Crippen LogP contribution < -0.4 is 24.8 Å². The van der Waals surface area contributed by atoms with Crippen LogP contribution in [0.15, 0.2) is 109 Å². The summed E-state index contributed by atoms with van der Waals surface area (Å²) in [6.07, 6.45) is 0.943. The smallest absolute Gasteiger partial charge is 1.00 e. The van der Waals surface area contributed by atoms with E-state index < -0.39 is 0 Å². The number of halogens is 2. The van der Waals surface area contributed by atoms with E-state index in [-0.39, 0.29) is 50.7 Å². The van der Waals surface area contributed by atoms with Gasteiger partial charge in [0.05, 0.1) is 0 Å². The van der Waals surface area contributed by atoms with Crippen molar-refractivity contribution >= 4 is 21.5 Å². The Bertz CT molecular complexity index is 1470. The molecule has 6 rings (SSSR count). The molecule has 6 aromatic rings. The average Bonchev–Trinajstić information content (AvgIpc) is 3.35. The number of aryl methyl sites for hydroxylation is 2. The zero-order chi connectivity index (χ0) is 22.4. The summed E-state index contributed by atoms with van der Waals surface area (Å²) in [5.74, 6) is 0. The first-order valence-corrected chi connectivity index (χ1v) is 11.7. The largest absolute Gasteiger partial charge is 4.00 e. The zero-order valence-electron chi connectivity index (χ0n) is 20.4. The third-order valence-electron chi connectivity index (χ3n) is 7.02. The van der Waals surface area contributed by atoms with Gasteiger partial charge in [0.25, 0.3) is 0 Å². The number of hydrogen-bond donors (Lipinski definition) is 0. The Morgan fingerprint density at radius 3 is 1.28 bits per heavy atom. The van der Waals surface area contributed by atoms with Crippen molar-refractivity contribution in [2.24, 2.45) is 0 Å². The molecule has 0 fully saturated rings. The van der Waals surface area contributed by atoms with Crippen LogP contribution >= 0.6 is 0 Å². The Morgan fingerprint density at radius 1 is 0.500 bits per heavy atom. The molecular weight excluding hydrogens is 646 g/mol. The van der Waals surface area contributed by atoms with Crippen molar-refractivity contribution in [3.63, 3.8) is 0 Å². The monoisotopic (exact) mass is 672 g/mol. The predicted molar refractivity (Wildman–Crippen MR) is 142 cm³/mol. The van der Waals surface area contributed by atoms with Gasteiger partial charge in [0.1, 0.15) is 0 Å². The van der Waals surface area contributed by atoms with Gasteiger partial charge in [-0.2, -0.15) is 11.1 Å². The Morgan fingerprint density at radius 2 is 0.889 bits per heavy atom. The predicted octanol–water partition coefficient (Wildman–Crippen LogP) is 2.98. The second kappa shape index (κ2) is 11.7. The van der Waals surface area contributed by atoms with Crippen molar-refractivity contribution in [3.05, 3.63) is 131 Å². The molecule has 176 valence electrons. The first-order valence-electron chi connectivity index (χ1n) is 11.7. The van der Waals surface area contributed by atoms with Crippen LogP contribution in [0.2, 0.25) is 0 Å². The van der Waals surface area contributed by atoms with Gasteiger partial charge >= 0.3 is 25.8 Å². The van der Waals surface area contributed by atoms with Gasteiger partial charge in [0.15, 0.2) is 0 Å². The Kier molecular flexibility index (Phi) is 9.17. The van der Waals surface area contributed by atoms with E-state index in [0.717, 1.165) is 6.42 Å². The molecule has 0 saturated heterocycles. The van der Waals surface area contributed by atoms with Crippen molar-refractivity contribution in [2.45, 2.75) is 20.3 Å². The van der Waals surface area contributed by atoms with Crippen molar-refractivity contribution < 1.29 is 50.7 Å². The summed E-state index contributed by atoms with van der Waals surface area (Å²) < 4.78 is 0. The van der Waals surface area contributed by atoms with Crippen molar-refractivity contribution in [2.75, 3.05) is 0 Å². The van der Waals surface area contributed by atoms with E-state index in [9.17, 15) is 0 Å². The summed E-state index contributed by atoms with van der Waals surface area (Å²) in [7, 11) is 0. The van der Waals surface area contributed by atoms with Crippen molar-refractivity contribution in [1.82, 2.24) is 0 Å². The van der Waals surface area contributed by atoms with Gasteiger partial charge in [0.2, 0.25) is 0 Å². The molecule has 0 aromatic heterocycles. The van der Waals surface area contributed by atoms with Crippen LogP contribution in [0.25, 0.3) is 43.8 Å². The van der Waals surface area contributed by atoms with E-state index >= 15 is 0 Å². The minimum atomic E-state index is 0. The number of hydrogen-bond acceptors (Lipinski definition) is 0. The molecule has 0 bridgehead atoms. The summed E-state index contributed by atoms with van der Waals surface area (Å²) in [6, 6.07) is 39.7. The SMILES string of the molecule is Cc1[cH-]c2cccc(-c3ccccc3)c2c1Cc1c(C)[cH-]c2cccc(-c3ccccc3)c12.[Cl-].[Cl-].[Hf+4]. The van der Waals surface area contributed by atoms with Crippen LogP contribution in [-0.4, -0.2) is 0 Å². The van der Waals surface area contributed by atoms with Gasteiger partial charge in [-0.15, -0.1) is 69.1 Å². The third-order valence-corrected chi connectivity index (χ3v) is 7.02. The quantitative estimate of drug-likeness (QED) is 0.200. The second-order valence-electron chi connectivity index (χ2n) is 9.06. The molecule has 0 saturated carbocycles. The summed E-state index contributed by atoms with van der Waals surface area (Å²) >= 11 is 0. The number of rotatable bonds is 4. The Balaban J connectivity index is 0.00000120. The minimum Gasteiger partial charge on any atom is -1.00 e. The normalized spacial score (nSPS) is 10.5. The summed E-state index contributed by atoms with van der Waals surface area (Å²) in [6.45, 7) is 4.53. The van der Waals surface area contributed by atoms with Crippen LogP contribution in [0, 0.1) is 13.8 Å². The minimum absolute atomic E-state index is 0. The van der Waals surface area contributed by atoms with E-state index in [1.54, 1.807) is 0 Å². The third kappa shape index (κ3) is 4.90. The molecule has 0 heterocycles. The van der Waals surface area contributed by atoms with Crippen LogP contribution in [0.1, 0.15) is 22.3 Å². The molecule has 0 amide bonds. The van der Waals surface area contributed by atoms with E-state index in [2.05, 4.69) is 123 Å². The van der Waals surface area contributed by atoms with E-state index in [4.69, 9.17) is 0 Å². The maximum atomic E-state index is 2.36. The number of benzene rings is 4. The van der Waals surface area contributed by atoms with Gasteiger partial charge in [-0.25, -0.2) is 0 Å². The van der Waals surface area contributed by atoms with Crippen LogP contribution in [-0.2, 0) is 32.3 Å². The maximum absolute atomic E-state index is 2.36. The van der Waals surface area contributed by atoms with Crippen molar-refractivity contribution in [1.29, 1.82) is 0 Å². The molecule has 0 aliphatic rings. The van der Waals surface area contributed by atoms with Gasteiger partial charge < -0.3 is 24.8 Å². The van der Waals surface area contributed by atoms with E-state index in [0.29, 0.717) is 0 Å². The molecule has 0 atom stereocenters. The zero-order valence-corrected chi connectivity index (χ0v) is 25.5. The first kappa shape index (κ1) is 28.1. The molecular formula is C33H26Cl2Hf. The molecule has 0 radical (unpaired) electrons. The van der Waals surface area contributed by atoms with E-state index in [1.165, 1.54) is 66.1 Å². The van der Waals surface area contributed by atoms with Crippen LogP contribution in [0.4, 0.5) is 0 Å². The standard InChI is InChI=1S/C33H26.2ClH.Hf/c1-22-19-26-15-9-17-28(24-11-5-3-6-12-24)32(26)30(22)21-31-23(2)20-27-16-10-18-29(33(27)31)25-13-7-4-8-14-25;;;/h3-20H,21H2,1-2H3;2*1H;/q-2;;;+4/p-2. The fourth-order valence-corrected chi connectivity index (χ4v) is 5.44. The van der Waals surface area contributed by atoms with Crippen LogP contribution in [0.5, 0.6) is 0 Å². The Hall–Kier alpha value is -2.45. The van der Waals surface area contributed by atoms with Gasteiger partial charge in [0, 0.05) is 0 Å². The maximum Gasteiger partial charge on any atom is 4.00 e. The fraction of sp³-hybridized carbons (Fsp3) is 0.0909. The average molecular weight is 672 g/mol. The summed E-state index contributed by atoms with van der Waals surface area (Å²) in [4.78, 5) is 0. The van der Waals surface area contributed by atoms with Gasteiger partial charge in [-0.05, 0) is 11.1 Å². The Labute approximate surface area is 244 Å². The second-order valence-corrected chi connectivity index (χ2v) is 9.06. The fourth-order valence-electron chi connectivity index (χ4n) is 5.44. The molecule has 0 N–H and O–H groups in total. The number of fused-ring (bicyclic) bond motifs is 2. The van der Waals surface area contributed by atoms with Crippen LogP contribution in [0.3, 0.4) is 0 Å². The molecule has 0 unspecified atom stereocenters. The molecule has 36 heavy (non-hydrogen) atoms. The summed E-state index contributed by atoms with van der Waals surface area (Å²) in [5.41, 5.74) is 10.9. The van der Waals surface area contributed by atoms with Gasteiger partial charge in [-0.3, -0.25) is 0 Å². The molecule has 0 spiro atoms. The molecule has 0 aliphatic heterocycles. The first-order chi connectivity index (χ1) is 16.2. The van der Waals surface area contributed by atoms with Gasteiger partial charge in [-0.1, -0.05) is 104 Å². The molecule has 0 nitrogen and oxygen atoms in total. The van der Waals surface area contributed by atoms with Crippen molar-refractivity contribution in [3.8, 4) is 22.3 Å². The topological polar surface area (TPSA) is 0 Å². The molecule has 6 aromatic carbocycles. The molecule has 3 heteroatoms. The molecule has 0 aliphatic carbocycles. The summed E-state index contributed by atoms with van der Waals surface area (Å²) in [5, 5.41) is 5.46.